The van der Waals surface area contributed by atoms with Crippen LogP contribution in [-0.4, -0.2) is 34.0 Å². The number of rotatable bonds is 9. The van der Waals surface area contributed by atoms with Crippen molar-refractivity contribution in [1.29, 1.82) is 0 Å². The van der Waals surface area contributed by atoms with Crippen LogP contribution in [0.15, 0.2) is 170 Å². The van der Waals surface area contributed by atoms with Crippen molar-refractivity contribution in [2.24, 2.45) is 0 Å². The Kier molecular flexibility index (Phi) is 11.7. The minimum Gasteiger partial charge on any atom is -0.478 e. The number of amides is 2. The summed E-state index contributed by atoms with van der Waals surface area (Å²) in [6, 6.07) is 49.6. The van der Waals surface area contributed by atoms with Gasteiger partial charge < -0.3 is 20.8 Å². The molecule has 0 atom stereocenters. The van der Waals surface area contributed by atoms with Crippen molar-refractivity contribution in [1.82, 2.24) is 0 Å². The van der Waals surface area contributed by atoms with E-state index < -0.39 is 11.9 Å². The fourth-order valence-corrected chi connectivity index (χ4v) is 6.87. The average molecular weight is 781 g/mol. The van der Waals surface area contributed by atoms with Crippen LogP contribution in [0.5, 0.6) is 0 Å². The molecule has 0 fully saturated rings. The molecule has 8 aromatic rings. The Hall–Kier alpha value is -7.91. The van der Waals surface area contributed by atoms with Gasteiger partial charge in [0.2, 0.25) is 0 Å². The zero-order chi connectivity index (χ0) is 41.5. The van der Waals surface area contributed by atoms with Crippen LogP contribution in [0.2, 0.25) is 0 Å². The molecule has 0 aliphatic rings. The fraction of sp³-hybridized carbons (Fsp3) is 0.0400. The van der Waals surface area contributed by atoms with Gasteiger partial charge in [0.25, 0.3) is 11.8 Å². The summed E-state index contributed by atoms with van der Waals surface area (Å²) in [5.41, 5.74) is 7.05. The second-order valence-electron chi connectivity index (χ2n) is 13.6. The van der Waals surface area contributed by atoms with Crippen molar-refractivity contribution in [2.45, 2.75) is 13.3 Å². The number of fused-ring (bicyclic) bond motifs is 2. The van der Waals surface area contributed by atoms with Gasteiger partial charge in [-0.3, -0.25) is 9.59 Å². The van der Waals surface area contributed by atoms with Gasteiger partial charge in [0.1, 0.15) is 5.82 Å². The number of carbonyl (C=O) groups excluding carboxylic acids is 2. The fourth-order valence-electron chi connectivity index (χ4n) is 6.87. The lowest BCUT2D eigenvalue weighted by molar-refractivity contribution is 0.0686. The van der Waals surface area contributed by atoms with Crippen molar-refractivity contribution < 1.29 is 33.8 Å². The number of hydrogen-bond donors (Lipinski definition) is 4. The molecular weight excluding hydrogens is 744 g/mol. The normalized spacial score (nSPS) is 10.7. The number of nitrogens with one attached hydrogen (secondary N) is 2. The molecule has 2 amide bonds. The van der Waals surface area contributed by atoms with Crippen LogP contribution in [0, 0.1) is 5.82 Å². The molecular formula is C50H37FN2O6. The third-order valence-corrected chi connectivity index (χ3v) is 9.92. The predicted octanol–water partition coefficient (Wildman–Crippen LogP) is 11.6. The molecule has 0 spiro atoms. The number of carboxylic acid groups (broad SMARTS) is 2. The highest BCUT2D eigenvalue weighted by molar-refractivity contribution is 6.10. The third-order valence-electron chi connectivity index (χ3n) is 9.92. The Morgan fingerprint density at radius 3 is 1.32 bits per heavy atom. The minimum atomic E-state index is -1.03. The molecule has 0 saturated heterocycles. The molecule has 8 nitrogen and oxygen atoms in total. The lowest BCUT2D eigenvalue weighted by atomic mass is 9.93. The van der Waals surface area contributed by atoms with Crippen molar-refractivity contribution in [3.63, 3.8) is 0 Å². The van der Waals surface area contributed by atoms with Crippen molar-refractivity contribution >= 4 is 56.7 Å². The standard InChI is InChI=1S/C26H21NO3.C24H16FNO3/c1-2-17-6-3-4-8-22(17)23-9-5-7-18-10-11-20(16-24(18)23)25(28)27-21-14-12-19(13-15-21)26(29)30;25-22-7-2-1-5-20(22)19-6-3-4-15-8-9-17(14-21(15)19)23(27)26-18-12-10-16(11-13-18)24(28)29/h3-16H,2H2,1H3,(H,27,28)(H,29,30);1-14H,(H,26,27)(H,28,29). The van der Waals surface area contributed by atoms with Crippen LogP contribution in [0.4, 0.5) is 15.8 Å². The lowest BCUT2D eigenvalue weighted by Crippen LogP contribution is -2.12. The van der Waals surface area contributed by atoms with E-state index in [1.165, 1.54) is 53.6 Å². The maximum Gasteiger partial charge on any atom is 0.335 e. The second-order valence-corrected chi connectivity index (χ2v) is 13.6. The van der Waals surface area contributed by atoms with Gasteiger partial charge in [-0.15, -0.1) is 0 Å². The molecule has 8 aromatic carbocycles. The van der Waals surface area contributed by atoms with Crippen LogP contribution >= 0.6 is 0 Å². The van der Waals surface area contributed by atoms with Gasteiger partial charge in [-0.1, -0.05) is 97.9 Å². The van der Waals surface area contributed by atoms with Crippen LogP contribution in [0.3, 0.4) is 0 Å². The van der Waals surface area contributed by atoms with E-state index >= 15 is 0 Å². The molecule has 0 aliphatic heterocycles. The van der Waals surface area contributed by atoms with Gasteiger partial charge in [0.15, 0.2) is 0 Å². The summed E-state index contributed by atoms with van der Waals surface area (Å²) in [6.45, 7) is 2.14. The molecule has 0 bridgehead atoms. The highest BCUT2D eigenvalue weighted by Gasteiger charge is 2.14. The molecule has 0 aliphatic carbocycles. The first-order valence-electron chi connectivity index (χ1n) is 18.8. The molecule has 290 valence electrons. The summed E-state index contributed by atoms with van der Waals surface area (Å²) in [5, 5.41) is 27.3. The Bertz CT molecular complexity index is 2870. The molecule has 59 heavy (non-hydrogen) atoms. The summed E-state index contributed by atoms with van der Waals surface area (Å²) < 4.78 is 14.3. The first-order chi connectivity index (χ1) is 28.6. The number of benzene rings is 8. The monoisotopic (exact) mass is 780 g/mol. The van der Waals surface area contributed by atoms with E-state index in [9.17, 15) is 23.6 Å². The number of carbonyl (C=O) groups is 4. The van der Waals surface area contributed by atoms with Crippen LogP contribution in [0.25, 0.3) is 43.8 Å². The molecule has 0 radical (unpaired) electrons. The summed E-state index contributed by atoms with van der Waals surface area (Å²) in [4.78, 5) is 47.4. The number of hydrogen-bond acceptors (Lipinski definition) is 4. The van der Waals surface area contributed by atoms with Gasteiger partial charge in [-0.25, -0.2) is 14.0 Å². The zero-order valence-corrected chi connectivity index (χ0v) is 31.8. The van der Waals surface area contributed by atoms with E-state index in [2.05, 4.69) is 35.8 Å². The van der Waals surface area contributed by atoms with Crippen molar-refractivity contribution in [2.75, 3.05) is 10.6 Å². The maximum atomic E-state index is 14.3. The van der Waals surface area contributed by atoms with Gasteiger partial charge in [-0.05, 0) is 129 Å². The van der Waals surface area contributed by atoms with Crippen LogP contribution < -0.4 is 10.6 Å². The zero-order valence-electron chi connectivity index (χ0n) is 31.8. The van der Waals surface area contributed by atoms with Crippen LogP contribution in [0.1, 0.15) is 53.9 Å². The van der Waals surface area contributed by atoms with Gasteiger partial charge in [0.05, 0.1) is 11.1 Å². The largest absolute Gasteiger partial charge is 0.478 e. The highest BCUT2D eigenvalue weighted by Crippen LogP contribution is 2.33. The van der Waals surface area contributed by atoms with E-state index in [-0.39, 0.29) is 28.8 Å². The molecule has 0 saturated carbocycles. The number of halogens is 1. The Morgan fingerprint density at radius 2 is 0.864 bits per heavy atom. The number of aryl methyl sites for hydroxylation is 1. The summed E-state index contributed by atoms with van der Waals surface area (Å²) in [6.07, 6.45) is 0.930. The average Bonchev–Trinajstić information content (AvgIpc) is 3.26. The lowest BCUT2D eigenvalue weighted by Gasteiger charge is -2.12. The van der Waals surface area contributed by atoms with Gasteiger partial charge >= 0.3 is 11.9 Å². The smallest absolute Gasteiger partial charge is 0.335 e. The predicted molar refractivity (Wildman–Crippen MR) is 231 cm³/mol. The van der Waals surface area contributed by atoms with E-state index in [4.69, 9.17) is 10.2 Å². The Labute approximate surface area is 339 Å². The van der Waals surface area contributed by atoms with Gasteiger partial charge in [0, 0.05) is 28.1 Å². The SMILES string of the molecule is CCc1ccccc1-c1cccc2ccc(C(=O)Nc3ccc(C(=O)O)cc3)cc12.O=C(O)c1ccc(NC(=O)c2ccc3cccc(-c4ccccc4F)c3c2)cc1. The summed E-state index contributed by atoms with van der Waals surface area (Å²) >= 11 is 0. The van der Waals surface area contributed by atoms with E-state index in [1.54, 1.807) is 48.5 Å². The van der Waals surface area contributed by atoms with Crippen molar-refractivity contribution in [3.05, 3.63) is 203 Å². The third kappa shape index (κ3) is 8.90. The van der Waals surface area contributed by atoms with E-state index in [0.29, 0.717) is 33.6 Å². The number of aromatic carboxylic acids is 2. The van der Waals surface area contributed by atoms with Crippen LogP contribution in [-0.2, 0) is 6.42 Å². The molecule has 8 rings (SSSR count). The van der Waals surface area contributed by atoms with Gasteiger partial charge in [-0.2, -0.15) is 0 Å². The Morgan fingerprint density at radius 1 is 0.458 bits per heavy atom. The number of anilines is 2. The molecule has 0 aromatic heterocycles. The van der Waals surface area contributed by atoms with Crippen molar-refractivity contribution in [3.8, 4) is 22.3 Å². The van der Waals surface area contributed by atoms with E-state index in [1.807, 2.05) is 60.7 Å². The minimum absolute atomic E-state index is 0.142. The number of carboxylic acids is 2. The highest BCUT2D eigenvalue weighted by atomic mass is 19.1. The quantitative estimate of drug-likeness (QED) is 0.115. The summed E-state index contributed by atoms with van der Waals surface area (Å²) in [5.74, 6) is -2.93. The topological polar surface area (TPSA) is 133 Å². The molecule has 0 heterocycles. The first-order valence-corrected chi connectivity index (χ1v) is 18.8. The summed E-state index contributed by atoms with van der Waals surface area (Å²) in [7, 11) is 0. The van der Waals surface area contributed by atoms with E-state index in [0.717, 1.165) is 33.5 Å². The molecule has 9 heteroatoms. The molecule has 0 unspecified atom stereocenters. The Balaban J connectivity index is 0.000000179. The maximum absolute atomic E-state index is 14.3. The first kappa shape index (κ1) is 39.3. The second kappa shape index (κ2) is 17.5. The molecule has 4 N–H and O–H groups in total.